The second-order valence-electron chi connectivity index (χ2n) is 6.69. The number of nitrogens with one attached hydrogen (secondary N) is 1. The van der Waals surface area contributed by atoms with Gasteiger partial charge in [-0.3, -0.25) is 4.79 Å². The van der Waals surface area contributed by atoms with Crippen LogP contribution in [0.15, 0.2) is 58.8 Å². The van der Waals surface area contributed by atoms with Crippen molar-refractivity contribution in [1.82, 2.24) is 9.29 Å². The molecule has 1 aromatic heterocycles. The second-order valence-corrected chi connectivity index (χ2v) is 9.48. The van der Waals surface area contributed by atoms with Crippen LogP contribution in [0.2, 0.25) is 0 Å². The number of ether oxygens (including phenoxy) is 1. The van der Waals surface area contributed by atoms with Gasteiger partial charge in [0, 0.05) is 24.0 Å². The first-order chi connectivity index (χ1) is 14.9. The number of rotatable bonds is 9. The maximum atomic E-state index is 12.8. The zero-order valence-electron chi connectivity index (χ0n) is 17.7. The molecule has 0 saturated heterocycles. The van der Waals surface area contributed by atoms with Gasteiger partial charge in [0.2, 0.25) is 15.9 Å². The predicted octanol–water partition coefficient (Wildman–Crippen LogP) is 4.03. The summed E-state index contributed by atoms with van der Waals surface area (Å²) in [5, 5.41) is 5.45. The zero-order chi connectivity index (χ0) is 22.4. The predicted molar refractivity (Wildman–Crippen MR) is 123 cm³/mol. The van der Waals surface area contributed by atoms with Gasteiger partial charge in [-0.05, 0) is 18.2 Å². The van der Waals surface area contributed by atoms with Crippen LogP contribution in [0.3, 0.4) is 0 Å². The van der Waals surface area contributed by atoms with Gasteiger partial charge < -0.3 is 10.1 Å². The number of hydrogen-bond acceptors (Lipinski definition) is 6. The van der Waals surface area contributed by atoms with Gasteiger partial charge in [-0.15, -0.1) is 11.3 Å². The molecule has 1 amide bonds. The lowest BCUT2D eigenvalue weighted by atomic mass is 10.2. The summed E-state index contributed by atoms with van der Waals surface area (Å²) < 4.78 is 32.3. The number of nitrogens with zero attached hydrogens (tertiary/aromatic N) is 2. The Morgan fingerprint density at radius 1 is 1.13 bits per heavy atom. The topological polar surface area (TPSA) is 88.6 Å². The lowest BCUT2D eigenvalue weighted by Gasteiger charge is -2.19. The minimum atomic E-state index is -3.65. The first-order valence-corrected chi connectivity index (χ1v) is 12.2. The molecule has 0 radical (unpaired) electrons. The molecule has 2 aromatic carbocycles. The first kappa shape index (κ1) is 22.9. The van der Waals surface area contributed by atoms with Gasteiger partial charge >= 0.3 is 0 Å². The van der Waals surface area contributed by atoms with Crippen LogP contribution in [0.25, 0.3) is 10.6 Å². The van der Waals surface area contributed by atoms with Crippen LogP contribution in [0.5, 0.6) is 5.75 Å². The molecule has 3 rings (SSSR count). The van der Waals surface area contributed by atoms with E-state index in [1.54, 1.807) is 19.9 Å². The summed E-state index contributed by atoms with van der Waals surface area (Å²) in [7, 11) is -2.19. The molecule has 0 bridgehead atoms. The molecule has 0 saturated carbocycles. The minimum absolute atomic E-state index is 0.0690. The average molecular weight is 460 g/mol. The van der Waals surface area contributed by atoms with E-state index >= 15 is 0 Å². The van der Waals surface area contributed by atoms with Crippen molar-refractivity contribution in [3.63, 3.8) is 0 Å². The highest BCUT2D eigenvalue weighted by Crippen LogP contribution is 2.29. The molecule has 3 aromatic rings. The molecule has 0 aliphatic rings. The zero-order valence-corrected chi connectivity index (χ0v) is 19.3. The number of benzene rings is 2. The van der Waals surface area contributed by atoms with E-state index in [1.165, 1.54) is 34.9 Å². The Labute approximate surface area is 186 Å². The summed E-state index contributed by atoms with van der Waals surface area (Å²) >= 11 is 1.47. The van der Waals surface area contributed by atoms with E-state index in [-0.39, 0.29) is 17.2 Å². The van der Waals surface area contributed by atoms with Crippen LogP contribution in [-0.4, -0.2) is 43.8 Å². The van der Waals surface area contributed by atoms with Crippen molar-refractivity contribution in [2.45, 2.75) is 25.2 Å². The summed E-state index contributed by atoms with van der Waals surface area (Å²) in [5.74, 6) is 0.0794. The van der Waals surface area contributed by atoms with Gasteiger partial charge in [0.05, 0.1) is 29.8 Å². The van der Waals surface area contributed by atoms with E-state index in [0.717, 1.165) is 10.6 Å². The number of sulfonamides is 1. The van der Waals surface area contributed by atoms with Crippen molar-refractivity contribution in [1.29, 1.82) is 0 Å². The number of anilines is 1. The molecule has 31 heavy (non-hydrogen) atoms. The standard InChI is InChI=1S/C22H25N3O4S2/c1-4-25(5-2)31(27,28)18-11-12-20(29-3)19(14-18)24-21(26)13-17-15-30-22(23-17)16-9-7-6-8-10-16/h6-12,14-15H,4-5,13H2,1-3H3,(H,24,26). The van der Waals surface area contributed by atoms with Gasteiger partial charge in [-0.1, -0.05) is 44.2 Å². The molecule has 164 valence electrons. The van der Waals surface area contributed by atoms with Gasteiger partial charge in [0.1, 0.15) is 10.8 Å². The fourth-order valence-electron chi connectivity index (χ4n) is 3.12. The summed E-state index contributed by atoms with van der Waals surface area (Å²) in [4.78, 5) is 17.3. The minimum Gasteiger partial charge on any atom is -0.495 e. The Kier molecular flexibility index (Phi) is 7.42. The molecule has 0 fully saturated rings. The van der Waals surface area contributed by atoms with Crippen LogP contribution in [-0.2, 0) is 21.2 Å². The molecule has 1 heterocycles. The van der Waals surface area contributed by atoms with Gasteiger partial charge in [-0.2, -0.15) is 4.31 Å². The molecule has 0 atom stereocenters. The van der Waals surface area contributed by atoms with Crippen LogP contribution < -0.4 is 10.1 Å². The van der Waals surface area contributed by atoms with Crippen LogP contribution in [0.4, 0.5) is 5.69 Å². The Morgan fingerprint density at radius 3 is 2.48 bits per heavy atom. The summed E-state index contributed by atoms with van der Waals surface area (Å²) in [6.45, 7) is 4.29. The fraction of sp³-hybridized carbons (Fsp3) is 0.273. The highest BCUT2D eigenvalue weighted by atomic mass is 32.2. The van der Waals surface area contributed by atoms with Crippen molar-refractivity contribution in [2.24, 2.45) is 0 Å². The molecule has 9 heteroatoms. The molecule has 0 spiro atoms. The third-order valence-electron chi connectivity index (χ3n) is 4.70. The Hall–Kier alpha value is -2.75. The van der Waals surface area contributed by atoms with Crippen molar-refractivity contribution in [3.05, 3.63) is 59.6 Å². The molecule has 0 aliphatic heterocycles. The lowest BCUT2D eigenvalue weighted by molar-refractivity contribution is -0.115. The van der Waals surface area contributed by atoms with E-state index in [4.69, 9.17) is 4.74 Å². The number of thiazole rings is 1. The Morgan fingerprint density at radius 2 is 1.84 bits per heavy atom. The number of hydrogen-bond donors (Lipinski definition) is 1. The van der Waals surface area contributed by atoms with E-state index in [0.29, 0.717) is 30.2 Å². The van der Waals surface area contributed by atoms with Crippen LogP contribution >= 0.6 is 11.3 Å². The summed E-state index contributed by atoms with van der Waals surface area (Å²) in [5.41, 5.74) is 1.95. The van der Waals surface area contributed by atoms with Gasteiger partial charge in [-0.25, -0.2) is 13.4 Å². The normalized spacial score (nSPS) is 11.5. The summed E-state index contributed by atoms with van der Waals surface area (Å²) in [6, 6.07) is 14.2. The number of amides is 1. The highest BCUT2D eigenvalue weighted by molar-refractivity contribution is 7.89. The SMILES string of the molecule is CCN(CC)S(=O)(=O)c1ccc(OC)c(NC(=O)Cc2csc(-c3ccccc3)n2)c1. The Bertz CT molecular complexity index is 1140. The quantitative estimate of drug-likeness (QED) is 0.522. The average Bonchev–Trinajstić information content (AvgIpc) is 3.23. The van der Waals surface area contributed by atoms with Crippen LogP contribution in [0.1, 0.15) is 19.5 Å². The molecule has 0 unspecified atom stereocenters. The Balaban J connectivity index is 1.79. The van der Waals surface area contributed by atoms with E-state index in [1.807, 2.05) is 35.7 Å². The summed E-state index contributed by atoms with van der Waals surface area (Å²) in [6.07, 6.45) is 0.0690. The number of aromatic nitrogens is 1. The molecular formula is C22H25N3O4S2. The number of methoxy groups -OCH3 is 1. The van der Waals surface area contributed by atoms with Crippen molar-refractivity contribution >= 4 is 33.0 Å². The van der Waals surface area contributed by atoms with Gasteiger partial charge in [0.15, 0.2) is 0 Å². The second kappa shape index (κ2) is 10.0. The maximum absolute atomic E-state index is 12.8. The maximum Gasteiger partial charge on any atom is 0.243 e. The molecular weight excluding hydrogens is 434 g/mol. The van der Waals surface area contributed by atoms with E-state index in [2.05, 4.69) is 10.3 Å². The van der Waals surface area contributed by atoms with Crippen molar-refractivity contribution in [2.75, 3.05) is 25.5 Å². The molecule has 0 aliphatic carbocycles. The van der Waals surface area contributed by atoms with Crippen molar-refractivity contribution < 1.29 is 17.9 Å². The number of carbonyl (C=O) groups excluding carboxylic acids is 1. The van der Waals surface area contributed by atoms with E-state index < -0.39 is 10.0 Å². The lowest BCUT2D eigenvalue weighted by Crippen LogP contribution is -2.30. The van der Waals surface area contributed by atoms with Gasteiger partial charge in [0.25, 0.3) is 0 Å². The third-order valence-corrected chi connectivity index (χ3v) is 7.69. The fourth-order valence-corrected chi connectivity index (χ4v) is 5.43. The molecule has 1 N–H and O–H groups in total. The largest absolute Gasteiger partial charge is 0.495 e. The smallest absolute Gasteiger partial charge is 0.243 e. The third kappa shape index (κ3) is 5.30. The highest BCUT2D eigenvalue weighted by Gasteiger charge is 2.23. The monoisotopic (exact) mass is 459 g/mol. The first-order valence-electron chi connectivity index (χ1n) is 9.86. The van der Waals surface area contributed by atoms with Crippen LogP contribution in [0, 0.1) is 0 Å². The van der Waals surface area contributed by atoms with E-state index in [9.17, 15) is 13.2 Å². The van der Waals surface area contributed by atoms with Crippen molar-refractivity contribution in [3.8, 4) is 16.3 Å². The molecule has 7 nitrogen and oxygen atoms in total. The number of carbonyl (C=O) groups is 1.